The predicted molar refractivity (Wildman–Crippen MR) is 68.4 cm³/mol. The first kappa shape index (κ1) is 12.0. The van der Waals surface area contributed by atoms with Crippen LogP contribution in [-0.2, 0) is 0 Å². The molecule has 5 N–H and O–H groups in total. The molecular formula is C12H15N5O3. The molecule has 2 aliphatic carbocycles. The number of nitrogen functional groups attached to an aromatic ring is 1. The number of hydrogen-bond acceptors (Lipinski definition) is 7. The van der Waals surface area contributed by atoms with E-state index in [0.29, 0.717) is 17.6 Å². The molecule has 0 saturated heterocycles. The van der Waals surface area contributed by atoms with E-state index in [4.69, 9.17) is 5.73 Å². The average molecular weight is 277 g/mol. The molecule has 0 amide bonds. The molecule has 0 aromatic carbocycles. The number of fused-ring (bicyclic) bond motifs is 2. The lowest BCUT2D eigenvalue weighted by Crippen LogP contribution is -2.35. The zero-order valence-corrected chi connectivity index (χ0v) is 10.6. The molecule has 0 spiro atoms. The molecule has 0 radical (unpaired) electrons. The van der Waals surface area contributed by atoms with E-state index in [9.17, 15) is 15.3 Å². The summed E-state index contributed by atoms with van der Waals surface area (Å²) >= 11 is 0. The maximum Gasteiger partial charge on any atom is 0.165 e. The van der Waals surface area contributed by atoms with Gasteiger partial charge in [0.25, 0.3) is 0 Å². The number of aliphatic hydroxyl groups excluding tert-OH is 3. The maximum atomic E-state index is 10.3. The van der Waals surface area contributed by atoms with Crippen molar-refractivity contribution in [1.82, 2.24) is 19.5 Å². The van der Waals surface area contributed by atoms with Gasteiger partial charge in [-0.1, -0.05) is 0 Å². The van der Waals surface area contributed by atoms with Crippen molar-refractivity contribution in [3.63, 3.8) is 0 Å². The van der Waals surface area contributed by atoms with Crippen LogP contribution < -0.4 is 5.73 Å². The Morgan fingerprint density at radius 2 is 2.15 bits per heavy atom. The fourth-order valence-corrected chi connectivity index (χ4v) is 3.64. The van der Waals surface area contributed by atoms with Crippen molar-refractivity contribution in [2.45, 2.75) is 24.7 Å². The van der Waals surface area contributed by atoms with Crippen LogP contribution in [0, 0.1) is 11.3 Å². The van der Waals surface area contributed by atoms with Gasteiger partial charge in [-0.05, 0) is 12.3 Å². The van der Waals surface area contributed by atoms with E-state index in [1.165, 1.54) is 6.33 Å². The van der Waals surface area contributed by atoms with Gasteiger partial charge in [-0.25, -0.2) is 15.0 Å². The molecule has 2 heterocycles. The highest BCUT2D eigenvalue weighted by Crippen LogP contribution is 2.67. The minimum Gasteiger partial charge on any atom is -0.396 e. The molecule has 2 saturated carbocycles. The van der Waals surface area contributed by atoms with Crippen molar-refractivity contribution < 1.29 is 15.3 Å². The van der Waals surface area contributed by atoms with Gasteiger partial charge in [0.1, 0.15) is 17.9 Å². The number of aliphatic hydroxyl groups is 3. The number of anilines is 1. The van der Waals surface area contributed by atoms with E-state index >= 15 is 0 Å². The number of nitrogens with zero attached hydrogens (tertiary/aromatic N) is 4. The lowest BCUT2D eigenvalue weighted by Gasteiger charge is -2.23. The average Bonchev–Trinajstić information content (AvgIpc) is 2.95. The summed E-state index contributed by atoms with van der Waals surface area (Å²) in [7, 11) is 0. The van der Waals surface area contributed by atoms with E-state index in [-0.39, 0.29) is 24.4 Å². The second kappa shape index (κ2) is 3.66. The summed E-state index contributed by atoms with van der Waals surface area (Å²) < 4.78 is 1.73. The summed E-state index contributed by atoms with van der Waals surface area (Å²) in [6, 6.07) is -0.351. The van der Waals surface area contributed by atoms with Crippen LogP contribution in [0.1, 0.15) is 12.5 Å². The SMILES string of the molecule is Nc1ncnc2c1ncn2[C@@H]1C2C[C@@]2(CO)[C@@H](O)[C@H]1O. The van der Waals surface area contributed by atoms with Crippen LogP contribution >= 0.6 is 0 Å². The first-order valence-corrected chi connectivity index (χ1v) is 6.50. The summed E-state index contributed by atoms with van der Waals surface area (Å²) in [5.74, 6) is 0.303. The highest BCUT2D eigenvalue weighted by molar-refractivity contribution is 5.81. The molecule has 5 atom stereocenters. The third kappa shape index (κ3) is 1.23. The third-order valence-corrected chi connectivity index (χ3v) is 4.86. The molecule has 2 fully saturated rings. The molecule has 2 aromatic heterocycles. The molecule has 2 aromatic rings. The van der Waals surface area contributed by atoms with Crippen molar-refractivity contribution in [1.29, 1.82) is 0 Å². The van der Waals surface area contributed by atoms with Gasteiger partial charge >= 0.3 is 0 Å². The fraction of sp³-hybridized carbons (Fsp3) is 0.583. The van der Waals surface area contributed by atoms with E-state index in [1.54, 1.807) is 10.9 Å². The zero-order valence-electron chi connectivity index (χ0n) is 10.6. The molecular weight excluding hydrogens is 262 g/mol. The Balaban J connectivity index is 1.83. The molecule has 106 valence electrons. The smallest absolute Gasteiger partial charge is 0.165 e. The maximum absolute atomic E-state index is 10.3. The Kier molecular flexibility index (Phi) is 2.20. The van der Waals surface area contributed by atoms with Crippen molar-refractivity contribution in [3.8, 4) is 0 Å². The Morgan fingerprint density at radius 3 is 2.85 bits per heavy atom. The summed E-state index contributed by atoms with van der Waals surface area (Å²) in [6.07, 6.45) is 1.71. The van der Waals surface area contributed by atoms with Crippen molar-refractivity contribution in [2.75, 3.05) is 12.3 Å². The molecule has 0 aliphatic heterocycles. The van der Waals surface area contributed by atoms with Gasteiger partial charge in [-0.15, -0.1) is 0 Å². The topological polar surface area (TPSA) is 130 Å². The first-order valence-electron chi connectivity index (χ1n) is 6.50. The lowest BCUT2D eigenvalue weighted by molar-refractivity contribution is -0.0300. The summed E-state index contributed by atoms with van der Waals surface area (Å²) in [4.78, 5) is 12.2. The zero-order chi connectivity index (χ0) is 14.1. The first-order chi connectivity index (χ1) is 9.60. The molecule has 2 aliphatic rings. The van der Waals surface area contributed by atoms with Crippen molar-refractivity contribution >= 4 is 17.0 Å². The summed E-state index contributed by atoms with van der Waals surface area (Å²) in [5.41, 5.74) is 6.18. The number of imidazole rings is 1. The second-order valence-electron chi connectivity index (χ2n) is 5.71. The van der Waals surface area contributed by atoms with Gasteiger partial charge in [-0.3, -0.25) is 0 Å². The van der Waals surface area contributed by atoms with Crippen LogP contribution in [0.25, 0.3) is 11.2 Å². The second-order valence-corrected chi connectivity index (χ2v) is 5.71. The summed E-state index contributed by atoms with van der Waals surface area (Å²) in [5, 5.41) is 29.9. The van der Waals surface area contributed by atoms with Crippen LogP contribution in [0.5, 0.6) is 0 Å². The van der Waals surface area contributed by atoms with Crippen LogP contribution in [0.2, 0.25) is 0 Å². The van der Waals surface area contributed by atoms with Crippen LogP contribution in [-0.4, -0.2) is 53.7 Å². The van der Waals surface area contributed by atoms with E-state index in [1.807, 2.05) is 0 Å². The molecule has 8 heteroatoms. The fourth-order valence-electron chi connectivity index (χ4n) is 3.64. The Labute approximate surface area is 113 Å². The number of hydrogen-bond donors (Lipinski definition) is 4. The Hall–Kier alpha value is -1.77. The minimum atomic E-state index is -0.950. The number of rotatable bonds is 2. The van der Waals surface area contributed by atoms with Crippen LogP contribution in [0.15, 0.2) is 12.7 Å². The van der Waals surface area contributed by atoms with E-state index in [0.717, 1.165) is 0 Å². The normalized spacial score (nSPS) is 39.1. The van der Waals surface area contributed by atoms with Crippen molar-refractivity contribution in [3.05, 3.63) is 12.7 Å². The van der Waals surface area contributed by atoms with Gasteiger partial charge in [0.15, 0.2) is 11.5 Å². The van der Waals surface area contributed by atoms with E-state index < -0.39 is 17.6 Å². The van der Waals surface area contributed by atoms with Crippen molar-refractivity contribution in [2.24, 2.45) is 11.3 Å². The largest absolute Gasteiger partial charge is 0.396 e. The number of nitrogens with two attached hydrogens (primary N) is 1. The molecule has 4 rings (SSSR count). The molecule has 1 unspecified atom stereocenters. The highest BCUT2D eigenvalue weighted by atomic mass is 16.3. The van der Waals surface area contributed by atoms with Gasteiger partial charge in [0.2, 0.25) is 0 Å². The number of aromatic nitrogens is 4. The summed E-state index contributed by atoms with van der Waals surface area (Å²) in [6.45, 7) is -0.129. The van der Waals surface area contributed by atoms with Gasteiger partial charge in [0, 0.05) is 5.41 Å². The lowest BCUT2D eigenvalue weighted by atomic mass is 10.0. The monoisotopic (exact) mass is 277 g/mol. The Morgan fingerprint density at radius 1 is 1.35 bits per heavy atom. The van der Waals surface area contributed by atoms with Gasteiger partial charge in [-0.2, -0.15) is 0 Å². The van der Waals surface area contributed by atoms with E-state index in [2.05, 4.69) is 15.0 Å². The minimum absolute atomic E-state index is 0.0195. The standard InChI is InChI=1S/C12H15N5O3/c13-10-6-11(15-3-14-10)17(4-16-6)7-5-1-12(5,2-18)9(20)8(7)19/h3-5,7-9,18-20H,1-2H2,(H2,13,14,15)/t5?,7-,8+,9+,12+/m1/s1. The van der Waals surface area contributed by atoms with Gasteiger partial charge < -0.3 is 25.6 Å². The molecule has 0 bridgehead atoms. The van der Waals surface area contributed by atoms with Gasteiger partial charge in [0.05, 0.1) is 25.1 Å². The predicted octanol–water partition coefficient (Wildman–Crippen LogP) is -1.32. The molecule has 20 heavy (non-hydrogen) atoms. The third-order valence-electron chi connectivity index (χ3n) is 4.86. The van der Waals surface area contributed by atoms with Crippen LogP contribution in [0.4, 0.5) is 5.82 Å². The quantitative estimate of drug-likeness (QED) is 0.535. The van der Waals surface area contributed by atoms with Crippen LogP contribution in [0.3, 0.4) is 0 Å². The Bertz CT molecular complexity index is 689. The highest BCUT2D eigenvalue weighted by Gasteiger charge is 2.71. The molecule has 8 nitrogen and oxygen atoms in total.